The van der Waals surface area contributed by atoms with Gasteiger partial charge in [0.15, 0.2) is 0 Å². The van der Waals surface area contributed by atoms with Gasteiger partial charge in [0.25, 0.3) is 0 Å². The lowest BCUT2D eigenvalue weighted by molar-refractivity contribution is -0.122. The Labute approximate surface area is 128 Å². The Bertz CT molecular complexity index is 674. The van der Waals surface area contributed by atoms with Gasteiger partial charge < -0.3 is 16.4 Å². The topological polar surface area (TPSA) is 122 Å². The number of piperazine rings is 1. The van der Waals surface area contributed by atoms with Crippen LogP contribution in [0.5, 0.6) is 0 Å². The molecule has 0 spiro atoms. The molecule has 0 aromatic heterocycles. The van der Waals surface area contributed by atoms with Crippen LogP contribution in [0.15, 0.2) is 29.2 Å². The molecule has 1 saturated heterocycles. The molecule has 9 heteroatoms. The largest absolute Gasteiger partial charge is 0.354 e. The van der Waals surface area contributed by atoms with Crippen molar-refractivity contribution in [3.8, 4) is 0 Å². The zero-order valence-corrected chi connectivity index (χ0v) is 12.7. The first-order valence-electron chi connectivity index (χ1n) is 6.80. The van der Waals surface area contributed by atoms with Gasteiger partial charge in [0.2, 0.25) is 21.8 Å². The Morgan fingerprint density at radius 2 is 2.18 bits per heavy atom. The second kappa shape index (κ2) is 6.86. The molecule has 1 aliphatic heterocycles. The molecule has 0 radical (unpaired) electrons. The summed E-state index contributed by atoms with van der Waals surface area (Å²) < 4.78 is 26.1. The minimum Gasteiger partial charge on any atom is -0.354 e. The van der Waals surface area contributed by atoms with E-state index in [1.165, 1.54) is 18.2 Å². The normalized spacial score (nSPS) is 16.1. The molecule has 1 fully saturated rings. The van der Waals surface area contributed by atoms with Crippen molar-refractivity contribution in [2.75, 3.05) is 31.5 Å². The fourth-order valence-corrected chi connectivity index (χ4v) is 3.50. The molecule has 0 unspecified atom stereocenters. The summed E-state index contributed by atoms with van der Waals surface area (Å²) in [5.41, 5.74) is 5.67. The maximum Gasteiger partial charge on any atom is 0.243 e. The van der Waals surface area contributed by atoms with E-state index in [0.717, 1.165) is 4.31 Å². The summed E-state index contributed by atoms with van der Waals surface area (Å²) in [6, 6.07) is 5.93. The number of hydrogen-bond donors (Lipinski definition) is 3. The maximum atomic E-state index is 12.5. The van der Waals surface area contributed by atoms with Gasteiger partial charge in [-0.25, -0.2) is 8.42 Å². The van der Waals surface area contributed by atoms with Crippen molar-refractivity contribution in [1.82, 2.24) is 9.62 Å². The molecular weight excluding hydrogens is 308 g/mol. The highest BCUT2D eigenvalue weighted by atomic mass is 32.2. The van der Waals surface area contributed by atoms with Crippen LogP contribution in [-0.4, -0.2) is 50.7 Å². The molecule has 0 atom stereocenters. The lowest BCUT2D eigenvalue weighted by Gasteiger charge is -2.26. The molecule has 0 saturated carbocycles. The second-order valence-electron chi connectivity index (χ2n) is 4.80. The SMILES string of the molecule is NCCC(=O)Nc1cccc(S(=O)(=O)N2CCNC(=O)C2)c1. The number of amides is 2. The van der Waals surface area contributed by atoms with Crippen LogP contribution < -0.4 is 16.4 Å². The Morgan fingerprint density at radius 1 is 1.41 bits per heavy atom. The number of carbonyl (C=O) groups excluding carboxylic acids is 2. The third-order valence-corrected chi connectivity index (χ3v) is 4.97. The van der Waals surface area contributed by atoms with Gasteiger partial charge >= 0.3 is 0 Å². The molecule has 1 aromatic rings. The third-order valence-electron chi connectivity index (χ3n) is 3.13. The van der Waals surface area contributed by atoms with E-state index in [0.29, 0.717) is 5.69 Å². The summed E-state index contributed by atoms with van der Waals surface area (Å²) in [4.78, 5) is 22.9. The van der Waals surface area contributed by atoms with Crippen LogP contribution in [0, 0.1) is 0 Å². The number of carbonyl (C=O) groups is 2. The van der Waals surface area contributed by atoms with Crippen LogP contribution in [0.2, 0.25) is 0 Å². The Kier molecular flexibility index (Phi) is 5.11. The van der Waals surface area contributed by atoms with E-state index >= 15 is 0 Å². The van der Waals surface area contributed by atoms with Gasteiger partial charge in [-0.15, -0.1) is 0 Å². The monoisotopic (exact) mass is 326 g/mol. The summed E-state index contributed by atoms with van der Waals surface area (Å²) in [7, 11) is -3.77. The Hall–Kier alpha value is -1.97. The number of sulfonamides is 1. The molecule has 0 aliphatic carbocycles. The van der Waals surface area contributed by atoms with Crippen molar-refractivity contribution in [2.45, 2.75) is 11.3 Å². The van der Waals surface area contributed by atoms with Crippen LogP contribution in [0.1, 0.15) is 6.42 Å². The molecule has 2 rings (SSSR count). The summed E-state index contributed by atoms with van der Waals surface area (Å²) in [6.45, 7) is 0.516. The molecule has 1 heterocycles. The molecule has 2 amide bonds. The highest BCUT2D eigenvalue weighted by molar-refractivity contribution is 7.89. The fourth-order valence-electron chi connectivity index (χ4n) is 2.06. The zero-order chi connectivity index (χ0) is 16.2. The van der Waals surface area contributed by atoms with E-state index in [1.54, 1.807) is 6.07 Å². The van der Waals surface area contributed by atoms with Crippen molar-refractivity contribution in [3.63, 3.8) is 0 Å². The van der Waals surface area contributed by atoms with Gasteiger partial charge in [0, 0.05) is 31.7 Å². The number of benzene rings is 1. The number of nitrogens with zero attached hydrogens (tertiary/aromatic N) is 1. The summed E-state index contributed by atoms with van der Waals surface area (Å²) in [5.74, 6) is -0.614. The summed E-state index contributed by atoms with van der Waals surface area (Å²) >= 11 is 0. The number of rotatable bonds is 5. The van der Waals surface area contributed by atoms with Crippen molar-refractivity contribution < 1.29 is 18.0 Å². The van der Waals surface area contributed by atoms with Crippen molar-refractivity contribution in [2.24, 2.45) is 5.73 Å². The van der Waals surface area contributed by atoms with Crippen molar-refractivity contribution in [1.29, 1.82) is 0 Å². The highest BCUT2D eigenvalue weighted by Gasteiger charge is 2.29. The van der Waals surface area contributed by atoms with Crippen LogP contribution in [0.3, 0.4) is 0 Å². The summed E-state index contributed by atoms with van der Waals surface area (Å²) in [6.07, 6.45) is 0.156. The molecular formula is C13H18N4O4S. The van der Waals surface area contributed by atoms with Crippen LogP contribution in [0.4, 0.5) is 5.69 Å². The Morgan fingerprint density at radius 3 is 2.86 bits per heavy atom. The van der Waals surface area contributed by atoms with Gasteiger partial charge in [-0.2, -0.15) is 4.31 Å². The van der Waals surface area contributed by atoms with E-state index in [4.69, 9.17) is 5.73 Å². The van der Waals surface area contributed by atoms with Gasteiger partial charge in [0.05, 0.1) is 11.4 Å². The van der Waals surface area contributed by atoms with Crippen molar-refractivity contribution >= 4 is 27.5 Å². The van der Waals surface area contributed by atoms with E-state index in [1.807, 2.05) is 0 Å². The van der Waals surface area contributed by atoms with Crippen LogP contribution >= 0.6 is 0 Å². The quantitative estimate of drug-likeness (QED) is 0.647. The summed E-state index contributed by atoms with van der Waals surface area (Å²) in [5, 5.41) is 5.16. The lowest BCUT2D eigenvalue weighted by Crippen LogP contribution is -2.49. The first-order valence-corrected chi connectivity index (χ1v) is 8.24. The number of hydrogen-bond acceptors (Lipinski definition) is 5. The minimum absolute atomic E-state index is 0.0350. The molecule has 1 aromatic carbocycles. The molecule has 8 nitrogen and oxygen atoms in total. The first-order chi connectivity index (χ1) is 10.4. The number of anilines is 1. The van der Waals surface area contributed by atoms with E-state index in [9.17, 15) is 18.0 Å². The number of nitrogens with two attached hydrogens (primary N) is 1. The van der Waals surface area contributed by atoms with E-state index in [2.05, 4.69) is 10.6 Å². The van der Waals surface area contributed by atoms with Gasteiger partial charge in [-0.3, -0.25) is 9.59 Å². The molecule has 0 bridgehead atoms. The zero-order valence-electron chi connectivity index (χ0n) is 11.9. The molecule has 120 valence electrons. The molecule has 1 aliphatic rings. The lowest BCUT2D eigenvalue weighted by atomic mass is 10.3. The van der Waals surface area contributed by atoms with E-state index < -0.39 is 10.0 Å². The predicted octanol–water partition coefficient (Wildman–Crippen LogP) is -0.906. The fraction of sp³-hybridized carbons (Fsp3) is 0.385. The van der Waals surface area contributed by atoms with Crippen molar-refractivity contribution in [3.05, 3.63) is 24.3 Å². The van der Waals surface area contributed by atoms with E-state index in [-0.39, 0.29) is 49.3 Å². The van der Waals surface area contributed by atoms with Gasteiger partial charge in [-0.1, -0.05) is 6.07 Å². The van der Waals surface area contributed by atoms with Gasteiger partial charge in [-0.05, 0) is 18.2 Å². The highest BCUT2D eigenvalue weighted by Crippen LogP contribution is 2.20. The smallest absolute Gasteiger partial charge is 0.243 e. The standard InChI is InChI=1S/C13H18N4O4S/c14-5-4-12(18)16-10-2-1-3-11(8-10)22(20,21)17-7-6-15-13(19)9-17/h1-3,8H,4-7,9,14H2,(H,15,19)(H,16,18). The molecule has 22 heavy (non-hydrogen) atoms. The van der Waals surface area contributed by atoms with Crippen LogP contribution in [0.25, 0.3) is 0 Å². The predicted molar refractivity (Wildman–Crippen MR) is 80.5 cm³/mol. The number of nitrogens with one attached hydrogen (secondary N) is 2. The third kappa shape index (κ3) is 3.81. The molecule has 4 N–H and O–H groups in total. The average Bonchev–Trinajstić information content (AvgIpc) is 2.47. The van der Waals surface area contributed by atoms with Crippen LogP contribution in [-0.2, 0) is 19.6 Å². The van der Waals surface area contributed by atoms with Gasteiger partial charge in [0.1, 0.15) is 0 Å². The average molecular weight is 326 g/mol. The second-order valence-corrected chi connectivity index (χ2v) is 6.74. The first kappa shape index (κ1) is 16.4. The minimum atomic E-state index is -3.77. The Balaban J connectivity index is 2.20. The maximum absolute atomic E-state index is 12.5.